The van der Waals surface area contributed by atoms with Gasteiger partial charge in [-0.1, -0.05) is 12.1 Å². The van der Waals surface area contributed by atoms with Gasteiger partial charge in [-0.25, -0.2) is 4.79 Å². The third kappa shape index (κ3) is 2.03. The van der Waals surface area contributed by atoms with Gasteiger partial charge in [-0.15, -0.1) is 0 Å². The van der Waals surface area contributed by atoms with Crippen molar-refractivity contribution in [2.75, 3.05) is 13.6 Å². The van der Waals surface area contributed by atoms with E-state index in [0.717, 1.165) is 18.5 Å². The summed E-state index contributed by atoms with van der Waals surface area (Å²) >= 11 is 0. The van der Waals surface area contributed by atoms with Crippen LogP contribution in [-0.2, 0) is 0 Å². The molecule has 0 aliphatic carbocycles. The molecule has 1 aromatic rings. The Labute approximate surface area is 88.5 Å². The quantitative estimate of drug-likeness (QED) is 0.731. The number of aromatic hydroxyl groups is 1. The minimum Gasteiger partial charge on any atom is -0.508 e. The van der Waals surface area contributed by atoms with Crippen LogP contribution in [0.2, 0.25) is 0 Å². The van der Waals surface area contributed by atoms with E-state index < -0.39 is 0 Å². The molecule has 0 bridgehead atoms. The number of urea groups is 1. The molecule has 1 fully saturated rings. The molecule has 15 heavy (non-hydrogen) atoms. The summed E-state index contributed by atoms with van der Waals surface area (Å²) in [7, 11) is 1.78. The van der Waals surface area contributed by atoms with Crippen LogP contribution in [0.15, 0.2) is 24.3 Å². The standard InChI is InChI=1S/C11H14N2O2/c1-13-7-6-10(12-11(13)15)8-2-4-9(14)5-3-8/h2-5,10,14H,6-7H2,1H3,(H,12,15). The highest BCUT2D eigenvalue weighted by atomic mass is 16.3. The van der Waals surface area contributed by atoms with Crippen molar-refractivity contribution in [3.8, 4) is 5.75 Å². The van der Waals surface area contributed by atoms with Gasteiger partial charge >= 0.3 is 6.03 Å². The lowest BCUT2D eigenvalue weighted by Crippen LogP contribution is -2.45. The van der Waals surface area contributed by atoms with Crippen LogP contribution in [0.25, 0.3) is 0 Å². The maximum absolute atomic E-state index is 11.4. The van der Waals surface area contributed by atoms with Crippen molar-refractivity contribution in [3.05, 3.63) is 29.8 Å². The van der Waals surface area contributed by atoms with Gasteiger partial charge in [0.2, 0.25) is 0 Å². The molecule has 2 N–H and O–H groups in total. The molecule has 1 aromatic carbocycles. The first-order valence-electron chi connectivity index (χ1n) is 4.97. The Kier molecular flexibility index (Phi) is 2.49. The van der Waals surface area contributed by atoms with Crippen molar-refractivity contribution in [1.82, 2.24) is 10.2 Å². The molecule has 4 heteroatoms. The van der Waals surface area contributed by atoms with E-state index in [4.69, 9.17) is 5.11 Å². The number of hydrogen-bond donors (Lipinski definition) is 2. The summed E-state index contributed by atoms with van der Waals surface area (Å²) in [6.07, 6.45) is 0.896. The zero-order chi connectivity index (χ0) is 10.8. The highest BCUT2D eigenvalue weighted by Crippen LogP contribution is 2.22. The Bertz CT molecular complexity index is 361. The molecule has 0 saturated carbocycles. The number of hydrogen-bond acceptors (Lipinski definition) is 2. The smallest absolute Gasteiger partial charge is 0.317 e. The zero-order valence-electron chi connectivity index (χ0n) is 8.60. The molecule has 1 aliphatic heterocycles. The summed E-state index contributed by atoms with van der Waals surface area (Å²) in [5, 5.41) is 12.1. The summed E-state index contributed by atoms with van der Waals surface area (Å²) in [5.41, 5.74) is 1.04. The van der Waals surface area contributed by atoms with Crippen LogP contribution in [-0.4, -0.2) is 29.6 Å². The lowest BCUT2D eigenvalue weighted by molar-refractivity contribution is 0.187. The van der Waals surface area contributed by atoms with Crippen LogP contribution in [0.1, 0.15) is 18.0 Å². The van der Waals surface area contributed by atoms with E-state index in [0.29, 0.717) is 0 Å². The number of carbonyl (C=O) groups excluding carboxylic acids is 1. The number of nitrogens with one attached hydrogen (secondary N) is 1. The maximum Gasteiger partial charge on any atom is 0.317 e. The Morgan fingerprint density at radius 3 is 2.67 bits per heavy atom. The van der Waals surface area contributed by atoms with Crippen molar-refractivity contribution in [3.63, 3.8) is 0 Å². The van der Waals surface area contributed by atoms with Gasteiger partial charge in [0.1, 0.15) is 5.75 Å². The van der Waals surface area contributed by atoms with E-state index in [-0.39, 0.29) is 17.8 Å². The molecule has 0 aromatic heterocycles. The van der Waals surface area contributed by atoms with Gasteiger partial charge in [0.15, 0.2) is 0 Å². The molecule has 0 radical (unpaired) electrons. The Morgan fingerprint density at radius 1 is 1.40 bits per heavy atom. The first-order valence-corrected chi connectivity index (χ1v) is 4.97. The van der Waals surface area contributed by atoms with Crippen molar-refractivity contribution in [2.24, 2.45) is 0 Å². The molecule has 1 saturated heterocycles. The normalized spacial score (nSPS) is 21.3. The Morgan fingerprint density at radius 2 is 2.07 bits per heavy atom. The van der Waals surface area contributed by atoms with Crippen LogP contribution in [0.4, 0.5) is 4.79 Å². The van der Waals surface area contributed by atoms with Crippen molar-refractivity contribution >= 4 is 6.03 Å². The van der Waals surface area contributed by atoms with E-state index in [2.05, 4.69) is 5.32 Å². The molecule has 1 aliphatic rings. The van der Waals surface area contributed by atoms with Crippen LogP contribution in [0.5, 0.6) is 5.75 Å². The van der Waals surface area contributed by atoms with E-state index in [1.165, 1.54) is 0 Å². The number of carbonyl (C=O) groups is 1. The van der Waals surface area contributed by atoms with Crippen molar-refractivity contribution in [1.29, 1.82) is 0 Å². The topological polar surface area (TPSA) is 52.6 Å². The van der Waals surface area contributed by atoms with E-state index in [1.807, 2.05) is 12.1 Å². The van der Waals surface area contributed by atoms with Gasteiger partial charge in [0.05, 0.1) is 6.04 Å². The maximum atomic E-state index is 11.4. The largest absolute Gasteiger partial charge is 0.508 e. The van der Waals surface area contributed by atoms with Crippen LogP contribution >= 0.6 is 0 Å². The van der Waals surface area contributed by atoms with Gasteiger partial charge < -0.3 is 15.3 Å². The molecule has 0 spiro atoms. The Hall–Kier alpha value is -1.71. The van der Waals surface area contributed by atoms with Gasteiger partial charge in [0, 0.05) is 13.6 Å². The van der Waals surface area contributed by atoms with Crippen molar-refractivity contribution in [2.45, 2.75) is 12.5 Å². The lowest BCUT2D eigenvalue weighted by Gasteiger charge is -2.30. The molecule has 1 atom stereocenters. The average molecular weight is 206 g/mol. The molecule has 2 rings (SSSR count). The molecule has 2 amide bonds. The van der Waals surface area contributed by atoms with Crippen molar-refractivity contribution < 1.29 is 9.90 Å². The summed E-state index contributed by atoms with van der Waals surface area (Å²) < 4.78 is 0. The summed E-state index contributed by atoms with van der Waals surface area (Å²) in [6.45, 7) is 0.761. The van der Waals surface area contributed by atoms with E-state index >= 15 is 0 Å². The molecule has 80 valence electrons. The van der Waals surface area contributed by atoms with Gasteiger partial charge in [-0.05, 0) is 24.1 Å². The Balaban J connectivity index is 2.12. The predicted molar refractivity (Wildman–Crippen MR) is 56.6 cm³/mol. The fourth-order valence-corrected chi connectivity index (χ4v) is 1.71. The van der Waals surface area contributed by atoms with Crippen LogP contribution in [0.3, 0.4) is 0 Å². The third-order valence-corrected chi connectivity index (χ3v) is 2.69. The summed E-state index contributed by atoms with van der Waals surface area (Å²) in [4.78, 5) is 13.1. The number of nitrogens with zero attached hydrogens (tertiary/aromatic N) is 1. The average Bonchev–Trinajstić information content (AvgIpc) is 2.23. The fourth-order valence-electron chi connectivity index (χ4n) is 1.71. The predicted octanol–water partition coefficient (Wildman–Crippen LogP) is 1.48. The SMILES string of the molecule is CN1CCC(c2ccc(O)cc2)NC1=O. The minimum atomic E-state index is -0.0423. The van der Waals surface area contributed by atoms with Gasteiger partial charge in [-0.3, -0.25) is 0 Å². The van der Waals surface area contributed by atoms with Gasteiger partial charge in [-0.2, -0.15) is 0 Å². The number of rotatable bonds is 1. The molecule has 4 nitrogen and oxygen atoms in total. The number of amides is 2. The number of benzene rings is 1. The van der Waals surface area contributed by atoms with E-state index in [9.17, 15) is 4.79 Å². The summed E-state index contributed by atoms with van der Waals surface area (Å²) in [5.74, 6) is 0.248. The van der Waals surface area contributed by atoms with Crippen LogP contribution < -0.4 is 5.32 Å². The first kappa shape index (κ1) is 9.83. The number of phenols is 1. The van der Waals surface area contributed by atoms with E-state index in [1.54, 1.807) is 24.1 Å². The first-order chi connectivity index (χ1) is 7.16. The zero-order valence-corrected chi connectivity index (χ0v) is 8.60. The van der Waals surface area contributed by atoms with Gasteiger partial charge in [0.25, 0.3) is 0 Å². The molecule has 1 heterocycles. The molecular formula is C11H14N2O2. The molecular weight excluding hydrogens is 192 g/mol. The summed E-state index contributed by atoms with van der Waals surface area (Å²) in [6, 6.07) is 6.98. The lowest BCUT2D eigenvalue weighted by atomic mass is 10.0. The highest BCUT2D eigenvalue weighted by Gasteiger charge is 2.22. The fraction of sp³-hybridized carbons (Fsp3) is 0.364. The number of phenolic OH excluding ortho intramolecular Hbond substituents is 1. The third-order valence-electron chi connectivity index (χ3n) is 2.69. The second kappa shape index (κ2) is 3.81. The monoisotopic (exact) mass is 206 g/mol. The second-order valence-corrected chi connectivity index (χ2v) is 3.80. The van der Waals surface area contributed by atoms with Crippen LogP contribution in [0, 0.1) is 0 Å². The molecule has 1 unspecified atom stereocenters. The highest BCUT2D eigenvalue weighted by molar-refractivity contribution is 5.75. The second-order valence-electron chi connectivity index (χ2n) is 3.80. The minimum absolute atomic E-state index is 0.0423.